The number of anilines is 2. The van der Waals surface area contributed by atoms with Crippen LogP contribution in [0.25, 0.3) is 0 Å². The van der Waals surface area contributed by atoms with Gasteiger partial charge in [0.05, 0.1) is 11.5 Å². The first-order valence-corrected chi connectivity index (χ1v) is 10.1. The van der Waals surface area contributed by atoms with Crippen LogP contribution in [0.5, 0.6) is 0 Å². The number of benzene rings is 2. The normalized spacial score (nSPS) is 11.3. The summed E-state index contributed by atoms with van der Waals surface area (Å²) >= 11 is 1.20. The summed E-state index contributed by atoms with van der Waals surface area (Å²) in [6.07, 6.45) is 0.746. The van der Waals surface area contributed by atoms with Gasteiger partial charge in [0.1, 0.15) is 0 Å². The third kappa shape index (κ3) is 5.58. The fourth-order valence-corrected chi connectivity index (χ4v) is 3.25. The number of carbonyl (C=O) groups is 1. The third-order valence-corrected chi connectivity index (χ3v) is 4.97. The number of nitrogen functional groups attached to an aromatic ring is 1. The van der Waals surface area contributed by atoms with E-state index in [1.54, 1.807) is 0 Å². The number of hydrazone groups is 1. The maximum absolute atomic E-state index is 12.2. The van der Waals surface area contributed by atoms with E-state index in [0.717, 1.165) is 28.9 Å². The van der Waals surface area contributed by atoms with Crippen LogP contribution < -0.4 is 16.6 Å². The zero-order valence-electron chi connectivity index (χ0n) is 16.3. The largest absolute Gasteiger partial charge is 0.334 e. The number of aryl methyl sites for hydroxylation is 1. The molecular weight excluding hydrogens is 386 g/mol. The van der Waals surface area contributed by atoms with Gasteiger partial charge in [0, 0.05) is 5.69 Å². The Balaban J connectivity index is 1.59. The molecule has 4 N–H and O–H groups in total. The van der Waals surface area contributed by atoms with Crippen molar-refractivity contribution in [3.63, 3.8) is 0 Å². The van der Waals surface area contributed by atoms with Crippen molar-refractivity contribution in [3.05, 3.63) is 65.7 Å². The monoisotopic (exact) mass is 409 g/mol. The highest BCUT2D eigenvalue weighted by atomic mass is 32.2. The van der Waals surface area contributed by atoms with Crippen LogP contribution in [0, 0.1) is 6.92 Å². The van der Waals surface area contributed by atoms with Crippen LogP contribution in [-0.2, 0) is 4.79 Å². The number of carbonyl (C=O) groups excluding carboxylic acids is 1. The average Bonchev–Trinajstić information content (AvgIpc) is 3.07. The molecule has 0 saturated carbocycles. The molecule has 8 nitrogen and oxygen atoms in total. The fourth-order valence-electron chi connectivity index (χ4n) is 2.60. The van der Waals surface area contributed by atoms with Crippen LogP contribution in [0.2, 0.25) is 0 Å². The highest BCUT2D eigenvalue weighted by Gasteiger charge is 2.12. The van der Waals surface area contributed by atoms with E-state index in [9.17, 15) is 4.79 Å². The molecule has 1 heterocycles. The number of aromatic nitrogens is 3. The molecule has 29 heavy (non-hydrogen) atoms. The van der Waals surface area contributed by atoms with E-state index >= 15 is 0 Å². The molecule has 0 radical (unpaired) electrons. The van der Waals surface area contributed by atoms with Crippen LogP contribution >= 0.6 is 11.8 Å². The lowest BCUT2D eigenvalue weighted by Crippen LogP contribution is -2.17. The molecule has 0 atom stereocenters. The van der Waals surface area contributed by atoms with Gasteiger partial charge < -0.3 is 11.2 Å². The lowest BCUT2D eigenvalue weighted by atomic mass is 10.1. The van der Waals surface area contributed by atoms with Gasteiger partial charge in [-0.15, -0.1) is 10.2 Å². The second kappa shape index (κ2) is 9.74. The van der Waals surface area contributed by atoms with E-state index in [1.165, 1.54) is 16.4 Å². The SMILES string of the molecule is CC/C(=N/Nc1nnc(SCC(=O)Nc2cccc(C)c2)n1N)c1ccccc1. The Bertz CT molecular complexity index is 1000. The maximum atomic E-state index is 12.2. The third-order valence-electron chi connectivity index (χ3n) is 4.03. The van der Waals surface area contributed by atoms with Crippen molar-refractivity contribution >= 4 is 35.0 Å². The van der Waals surface area contributed by atoms with Gasteiger partial charge in [-0.25, -0.2) is 10.1 Å². The minimum absolute atomic E-state index is 0.145. The van der Waals surface area contributed by atoms with Crippen molar-refractivity contribution in [3.8, 4) is 0 Å². The Morgan fingerprint density at radius 1 is 1.17 bits per heavy atom. The second-order valence-electron chi connectivity index (χ2n) is 6.27. The zero-order valence-corrected chi connectivity index (χ0v) is 17.1. The van der Waals surface area contributed by atoms with E-state index in [1.807, 2.05) is 68.4 Å². The summed E-state index contributed by atoms with van der Waals surface area (Å²) in [6, 6.07) is 17.5. The molecule has 0 aliphatic heterocycles. The maximum Gasteiger partial charge on any atom is 0.264 e. The Hall–Kier alpha value is -3.33. The second-order valence-corrected chi connectivity index (χ2v) is 7.21. The number of hydrogen-bond acceptors (Lipinski definition) is 7. The predicted molar refractivity (Wildman–Crippen MR) is 118 cm³/mol. The van der Waals surface area contributed by atoms with Gasteiger partial charge >= 0.3 is 0 Å². The Kier molecular flexibility index (Phi) is 6.85. The number of nitrogens with zero attached hydrogens (tertiary/aromatic N) is 4. The Morgan fingerprint density at radius 3 is 2.69 bits per heavy atom. The number of nitrogens with one attached hydrogen (secondary N) is 2. The molecule has 1 amide bonds. The van der Waals surface area contributed by atoms with Gasteiger partial charge in [0.2, 0.25) is 11.1 Å². The predicted octanol–water partition coefficient (Wildman–Crippen LogP) is 3.26. The molecule has 3 aromatic rings. The summed E-state index contributed by atoms with van der Waals surface area (Å²) in [4.78, 5) is 12.2. The first-order valence-electron chi connectivity index (χ1n) is 9.14. The van der Waals surface area contributed by atoms with Crippen molar-refractivity contribution < 1.29 is 4.79 Å². The van der Waals surface area contributed by atoms with Crippen molar-refractivity contribution in [2.45, 2.75) is 25.4 Å². The lowest BCUT2D eigenvalue weighted by Gasteiger charge is -2.07. The lowest BCUT2D eigenvalue weighted by molar-refractivity contribution is -0.113. The molecular formula is C20H23N7OS. The van der Waals surface area contributed by atoms with Crippen molar-refractivity contribution in [2.75, 3.05) is 22.3 Å². The summed E-state index contributed by atoms with van der Waals surface area (Å²) in [7, 11) is 0. The van der Waals surface area contributed by atoms with Gasteiger partial charge in [0.15, 0.2) is 0 Å². The topological polar surface area (TPSA) is 110 Å². The molecule has 9 heteroatoms. The molecule has 150 valence electrons. The van der Waals surface area contributed by atoms with Crippen LogP contribution in [0.15, 0.2) is 64.9 Å². The van der Waals surface area contributed by atoms with E-state index in [0.29, 0.717) is 11.1 Å². The number of amides is 1. The highest BCUT2D eigenvalue weighted by Crippen LogP contribution is 2.18. The van der Waals surface area contributed by atoms with Crippen molar-refractivity contribution in [1.29, 1.82) is 0 Å². The van der Waals surface area contributed by atoms with Crippen LogP contribution in [0.1, 0.15) is 24.5 Å². The summed E-state index contributed by atoms with van der Waals surface area (Å²) in [5, 5.41) is 15.7. The number of nitrogens with two attached hydrogens (primary N) is 1. The molecule has 0 saturated heterocycles. The molecule has 0 spiro atoms. The van der Waals surface area contributed by atoms with Crippen molar-refractivity contribution in [2.24, 2.45) is 5.10 Å². The molecule has 0 bridgehead atoms. The van der Waals surface area contributed by atoms with E-state index in [4.69, 9.17) is 5.84 Å². The quantitative estimate of drug-likeness (QED) is 0.228. The molecule has 3 rings (SSSR count). The molecule has 0 aliphatic rings. The van der Waals surface area contributed by atoms with Gasteiger partial charge in [-0.05, 0) is 36.6 Å². The van der Waals surface area contributed by atoms with E-state index in [-0.39, 0.29) is 11.7 Å². The molecule has 0 unspecified atom stereocenters. The first kappa shape index (κ1) is 20.4. The zero-order chi connectivity index (χ0) is 20.6. The standard InChI is InChI=1S/C20H23N7OS/c1-3-17(15-9-5-4-6-10-15)23-24-19-25-26-20(27(19)21)29-13-18(28)22-16-11-7-8-14(2)12-16/h4-12H,3,13,21H2,1-2H3,(H,22,28)(H,24,25)/b23-17-. The number of thioether (sulfide) groups is 1. The van der Waals surface area contributed by atoms with Gasteiger partial charge in [-0.3, -0.25) is 4.79 Å². The summed E-state index contributed by atoms with van der Waals surface area (Å²) in [5.41, 5.74) is 6.59. The van der Waals surface area contributed by atoms with Crippen LogP contribution in [-0.4, -0.2) is 32.2 Å². The minimum Gasteiger partial charge on any atom is -0.334 e. The summed E-state index contributed by atoms with van der Waals surface area (Å²) in [5.74, 6) is 6.35. The smallest absolute Gasteiger partial charge is 0.264 e. The number of hydrogen-bond donors (Lipinski definition) is 3. The average molecular weight is 410 g/mol. The minimum atomic E-state index is -0.145. The summed E-state index contributed by atoms with van der Waals surface area (Å²) < 4.78 is 1.28. The Morgan fingerprint density at radius 2 is 1.97 bits per heavy atom. The van der Waals surface area contributed by atoms with E-state index in [2.05, 4.69) is 26.0 Å². The fraction of sp³-hybridized carbons (Fsp3) is 0.200. The van der Waals surface area contributed by atoms with Gasteiger partial charge in [0.25, 0.3) is 5.95 Å². The van der Waals surface area contributed by atoms with Gasteiger partial charge in [-0.1, -0.05) is 61.2 Å². The van der Waals surface area contributed by atoms with E-state index < -0.39 is 0 Å². The molecule has 0 aliphatic carbocycles. The highest BCUT2D eigenvalue weighted by molar-refractivity contribution is 7.99. The molecule has 2 aromatic carbocycles. The molecule has 1 aromatic heterocycles. The van der Waals surface area contributed by atoms with Crippen molar-refractivity contribution in [1.82, 2.24) is 14.9 Å². The van der Waals surface area contributed by atoms with Crippen LogP contribution in [0.4, 0.5) is 11.6 Å². The number of rotatable bonds is 8. The molecule has 0 fully saturated rings. The van der Waals surface area contributed by atoms with Crippen LogP contribution in [0.3, 0.4) is 0 Å². The summed E-state index contributed by atoms with van der Waals surface area (Å²) in [6.45, 7) is 3.99. The van der Waals surface area contributed by atoms with Gasteiger partial charge in [-0.2, -0.15) is 5.10 Å². The first-order chi connectivity index (χ1) is 14.1. The Labute approximate surface area is 173 Å².